The minimum Gasteiger partial charge on any atom is -0.467 e. The molecule has 1 amide bonds. The minimum absolute atomic E-state index is 0.174. The van der Waals surface area contributed by atoms with Crippen LogP contribution < -0.4 is 5.32 Å². The molecule has 0 aliphatic heterocycles. The molecule has 3 rings (SSSR count). The van der Waals surface area contributed by atoms with Gasteiger partial charge in [0.25, 0.3) is 0 Å². The number of thioether (sulfide) groups is 1. The van der Waals surface area contributed by atoms with Gasteiger partial charge in [-0.3, -0.25) is 4.79 Å². The maximum Gasteiger partial charge on any atom is 0.235 e. The summed E-state index contributed by atoms with van der Waals surface area (Å²) in [5.74, 6) is 1.21. The first-order valence-corrected chi connectivity index (χ1v) is 9.46. The summed E-state index contributed by atoms with van der Waals surface area (Å²) in [6.07, 6.45) is 3.24. The zero-order chi connectivity index (χ0) is 19.4. The highest BCUT2D eigenvalue weighted by atomic mass is 32.2. The minimum atomic E-state index is -0.208. The molecular weight excluding hydrogens is 364 g/mol. The molecule has 0 aromatic carbocycles. The molecule has 0 fully saturated rings. The van der Waals surface area contributed by atoms with Crippen molar-refractivity contribution in [1.29, 1.82) is 5.26 Å². The van der Waals surface area contributed by atoms with Gasteiger partial charge in [-0.1, -0.05) is 11.8 Å². The zero-order valence-electron chi connectivity index (χ0n) is 15.4. The molecule has 27 heavy (non-hydrogen) atoms. The second-order valence-electron chi connectivity index (χ2n) is 5.95. The van der Waals surface area contributed by atoms with E-state index >= 15 is 0 Å². The Labute approximate surface area is 161 Å². The lowest BCUT2D eigenvalue weighted by Crippen LogP contribution is -2.18. The van der Waals surface area contributed by atoms with Crippen LogP contribution in [0.2, 0.25) is 0 Å². The predicted octanol–water partition coefficient (Wildman–Crippen LogP) is 2.96. The molecule has 8 nitrogen and oxygen atoms in total. The van der Waals surface area contributed by atoms with E-state index in [9.17, 15) is 10.1 Å². The van der Waals surface area contributed by atoms with Crippen LogP contribution in [0, 0.1) is 25.2 Å². The normalized spacial score (nSPS) is 10.7. The first-order valence-electron chi connectivity index (χ1n) is 8.47. The second kappa shape index (κ2) is 8.14. The van der Waals surface area contributed by atoms with Gasteiger partial charge < -0.3 is 18.9 Å². The number of nitriles is 1. The van der Waals surface area contributed by atoms with Gasteiger partial charge in [-0.25, -0.2) is 0 Å². The number of rotatable bonds is 7. The first kappa shape index (κ1) is 18.8. The van der Waals surface area contributed by atoms with Crippen molar-refractivity contribution in [2.24, 2.45) is 0 Å². The van der Waals surface area contributed by atoms with Crippen molar-refractivity contribution in [3.05, 3.63) is 47.3 Å². The van der Waals surface area contributed by atoms with Gasteiger partial charge in [0.1, 0.15) is 24.0 Å². The van der Waals surface area contributed by atoms with Gasteiger partial charge in [-0.05, 0) is 38.5 Å². The summed E-state index contributed by atoms with van der Waals surface area (Å²) >= 11 is 1.31. The van der Waals surface area contributed by atoms with Gasteiger partial charge in [0.2, 0.25) is 5.91 Å². The Bertz CT molecular complexity index is 981. The number of furan rings is 1. The summed E-state index contributed by atoms with van der Waals surface area (Å²) in [7, 11) is 0. The standard InChI is InChI=1S/C18H20N6O2S/c1-4-23-11-20-22-18(23)27-10-16(25)21-17-15(8-19)12(2)13(3)24(17)9-14-6-5-7-26-14/h5-7,11H,4,9-10H2,1-3H3,(H,21,25). The lowest BCUT2D eigenvalue weighted by Gasteiger charge is -2.12. The molecule has 0 spiro atoms. The zero-order valence-corrected chi connectivity index (χ0v) is 16.2. The van der Waals surface area contributed by atoms with E-state index in [1.165, 1.54) is 11.8 Å². The Morgan fingerprint density at radius 3 is 2.93 bits per heavy atom. The monoisotopic (exact) mass is 384 g/mol. The first-order chi connectivity index (χ1) is 13.0. The van der Waals surface area contributed by atoms with Crippen LogP contribution in [-0.4, -0.2) is 31.0 Å². The van der Waals surface area contributed by atoms with Gasteiger partial charge in [0.05, 0.1) is 24.1 Å². The van der Waals surface area contributed by atoms with E-state index in [0.717, 1.165) is 23.6 Å². The number of carbonyl (C=O) groups is 1. The van der Waals surface area contributed by atoms with Crippen LogP contribution in [0.15, 0.2) is 34.3 Å². The van der Waals surface area contributed by atoms with Crippen molar-refractivity contribution >= 4 is 23.5 Å². The molecule has 1 N–H and O–H groups in total. The van der Waals surface area contributed by atoms with Crippen LogP contribution in [0.1, 0.15) is 29.5 Å². The molecular formula is C18H20N6O2S. The third kappa shape index (κ3) is 3.90. The highest BCUT2D eigenvalue weighted by Gasteiger charge is 2.20. The number of aromatic nitrogens is 4. The highest BCUT2D eigenvalue weighted by molar-refractivity contribution is 7.99. The van der Waals surface area contributed by atoms with Crippen molar-refractivity contribution in [3.8, 4) is 6.07 Å². The molecule has 140 valence electrons. The van der Waals surface area contributed by atoms with E-state index in [-0.39, 0.29) is 11.7 Å². The number of anilines is 1. The van der Waals surface area contributed by atoms with Crippen molar-refractivity contribution in [2.45, 2.75) is 39.0 Å². The Kier molecular flexibility index (Phi) is 5.66. The Morgan fingerprint density at radius 1 is 1.44 bits per heavy atom. The lowest BCUT2D eigenvalue weighted by molar-refractivity contribution is -0.113. The molecule has 3 heterocycles. The number of aryl methyl sites for hydroxylation is 1. The SMILES string of the molecule is CCn1cnnc1SCC(=O)Nc1c(C#N)c(C)c(C)n1Cc1ccco1. The van der Waals surface area contributed by atoms with Crippen LogP contribution in [0.3, 0.4) is 0 Å². The Balaban J connectivity index is 1.79. The molecule has 3 aromatic heterocycles. The summed E-state index contributed by atoms with van der Waals surface area (Å²) < 4.78 is 9.18. The fourth-order valence-electron chi connectivity index (χ4n) is 2.76. The highest BCUT2D eigenvalue weighted by Crippen LogP contribution is 2.28. The van der Waals surface area contributed by atoms with E-state index < -0.39 is 0 Å². The van der Waals surface area contributed by atoms with Gasteiger partial charge in [0.15, 0.2) is 5.16 Å². The molecule has 0 saturated heterocycles. The van der Waals surface area contributed by atoms with Crippen LogP contribution in [0.25, 0.3) is 0 Å². The summed E-state index contributed by atoms with van der Waals surface area (Å²) in [6, 6.07) is 5.87. The molecule has 3 aromatic rings. The fraction of sp³-hybridized carbons (Fsp3) is 0.333. The smallest absolute Gasteiger partial charge is 0.235 e. The van der Waals surface area contributed by atoms with Gasteiger partial charge in [-0.2, -0.15) is 5.26 Å². The third-order valence-electron chi connectivity index (χ3n) is 4.35. The predicted molar refractivity (Wildman–Crippen MR) is 101 cm³/mol. The molecule has 0 aliphatic carbocycles. The Morgan fingerprint density at radius 2 is 2.26 bits per heavy atom. The average Bonchev–Trinajstić information content (AvgIpc) is 3.38. The van der Waals surface area contributed by atoms with Crippen molar-refractivity contribution in [3.63, 3.8) is 0 Å². The maximum atomic E-state index is 12.5. The molecule has 0 unspecified atom stereocenters. The number of nitrogens with zero attached hydrogens (tertiary/aromatic N) is 5. The Hall–Kier alpha value is -2.99. The van der Waals surface area contributed by atoms with Gasteiger partial charge >= 0.3 is 0 Å². The molecule has 9 heteroatoms. The molecule has 0 aliphatic rings. The molecule has 0 radical (unpaired) electrons. The van der Waals surface area contributed by atoms with E-state index in [0.29, 0.717) is 23.1 Å². The van der Waals surface area contributed by atoms with Crippen LogP contribution in [0.5, 0.6) is 0 Å². The average molecular weight is 384 g/mol. The van der Waals surface area contributed by atoms with Gasteiger partial charge in [0, 0.05) is 12.2 Å². The van der Waals surface area contributed by atoms with E-state index in [2.05, 4.69) is 21.6 Å². The number of nitrogens with one attached hydrogen (secondary N) is 1. The molecule has 0 saturated carbocycles. The molecule has 0 atom stereocenters. The number of hydrogen-bond donors (Lipinski definition) is 1. The van der Waals surface area contributed by atoms with Gasteiger partial charge in [-0.15, -0.1) is 10.2 Å². The van der Waals surface area contributed by atoms with Crippen molar-refractivity contribution in [1.82, 2.24) is 19.3 Å². The number of amides is 1. The summed E-state index contributed by atoms with van der Waals surface area (Å²) in [4.78, 5) is 12.5. The van der Waals surface area contributed by atoms with E-state index in [1.807, 2.05) is 42.0 Å². The van der Waals surface area contributed by atoms with Crippen molar-refractivity contribution < 1.29 is 9.21 Å². The fourth-order valence-corrected chi connectivity index (χ4v) is 3.54. The topological polar surface area (TPSA) is 102 Å². The number of hydrogen-bond acceptors (Lipinski definition) is 6. The lowest BCUT2D eigenvalue weighted by atomic mass is 10.2. The summed E-state index contributed by atoms with van der Waals surface area (Å²) in [6.45, 7) is 6.96. The molecule has 0 bridgehead atoms. The quantitative estimate of drug-likeness (QED) is 0.629. The largest absolute Gasteiger partial charge is 0.467 e. The second-order valence-corrected chi connectivity index (χ2v) is 6.89. The summed E-state index contributed by atoms with van der Waals surface area (Å²) in [5.41, 5.74) is 2.23. The van der Waals surface area contributed by atoms with Crippen LogP contribution in [-0.2, 0) is 17.9 Å². The summed E-state index contributed by atoms with van der Waals surface area (Å²) in [5, 5.41) is 21.0. The third-order valence-corrected chi connectivity index (χ3v) is 5.33. The van der Waals surface area contributed by atoms with Crippen LogP contribution >= 0.6 is 11.8 Å². The van der Waals surface area contributed by atoms with E-state index in [1.54, 1.807) is 12.6 Å². The maximum absolute atomic E-state index is 12.5. The number of carbonyl (C=O) groups excluding carboxylic acids is 1. The van der Waals surface area contributed by atoms with Crippen LogP contribution in [0.4, 0.5) is 5.82 Å². The van der Waals surface area contributed by atoms with Crippen molar-refractivity contribution in [2.75, 3.05) is 11.1 Å². The van der Waals surface area contributed by atoms with E-state index in [4.69, 9.17) is 4.42 Å².